The Bertz CT molecular complexity index is 548. The molecule has 0 atom stereocenters. The number of aryl methyl sites for hydroxylation is 1. The molecular weight excluding hydrogens is 265 g/mol. The average Bonchev–Trinajstić information content (AvgIpc) is 2.69. The lowest BCUT2D eigenvalue weighted by atomic mass is 10.2. The van der Waals surface area contributed by atoms with Crippen molar-refractivity contribution in [1.82, 2.24) is 9.97 Å². The highest BCUT2D eigenvalue weighted by molar-refractivity contribution is 7.15. The van der Waals surface area contributed by atoms with Crippen LogP contribution < -0.4 is 0 Å². The topological polar surface area (TPSA) is 46.0 Å². The third kappa shape index (κ3) is 2.51. The Morgan fingerprint density at radius 1 is 1.33 bits per heavy atom. The summed E-state index contributed by atoms with van der Waals surface area (Å²) in [5.74, 6) is 0. The van der Waals surface area contributed by atoms with Gasteiger partial charge in [0.1, 0.15) is 5.01 Å². The van der Waals surface area contributed by atoms with E-state index in [2.05, 4.69) is 9.97 Å². The lowest BCUT2D eigenvalue weighted by molar-refractivity contribution is -0.137. The monoisotopic (exact) mass is 274 g/mol. The molecule has 3 nitrogen and oxygen atoms in total. The largest absolute Gasteiger partial charge is 0.417 e. The Morgan fingerprint density at radius 2 is 2.06 bits per heavy atom. The zero-order chi connectivity index (χ0) is 13.3. The van der Waals surface area contributed by atoms with Crippen molar-refractivity contribution < 1.29 is 18.3 Å². The number of hydrogen-bond donors (Lipinski definition) is 1. The minimum Gasteiger partial charge on any atom is -0.390 e. The molecule has 0 spiro atoms. The second-order valence-electron chi connectivity index (χ2n) is 3.61. The molecule has 0 aliphatic rings. The van der Waals surface area contributed by atoms with Crippen molar-refractivity contribution in [2.24, 2.45) is 0 Å². The van der Waals surface area contributed by atoms with Crippen LogP contribution in [0, 0.1) is 6.92 Å². The Kier molecular flexibility index (Phi) is 3.36. The van der Waals surface area contributed by atoms with Crippen molar-refractivity contribution in [1.29, 1.82) is 0 Å². The van der Waals surface area contributed by atoms with E-state index < -0.39 is 11.7 Å². The van der Waals surface area contributed by atoms with Crippen LogP contribution in [0.4, 0.5) is 13.2 Å². The van der Waals surface area contributed by atoms with Gasteiger partial charge in [0.15, 0.2) is 0 Å². The summed E-state index contributed by atoms with van der Waals surface area (Å²) in [4.78, 5) is 8.69. The number of aromatic nitrogens is 2. The first-order valence-electron chi connectivity index (χ1n) is 5.02. The van der Waals surface area contributed by atoms with Gasteiger partial charge in [-0.1, -0.05) is 0 Å². The quantitative estimate of drug-likeness (QED) is 0.915. The summed E-state index contributed by atoms with van der Waals surface area (Å²) < 4.78 is 37.1. The second-order valence-corrected chi connectivity index (χ2v) is 4.81. The standard InChI is InChI=1S/C11H9F3N2OS/c1-6-9(5-17)16-10(18-6)8-3-2-7(4-15-8)11(12,13)14/h2-4,17H,5H2,1H3. The fourth-order valence-corrected chi connectivity index (χ4v) is 2.27. The van der Waals surface area contributed by atoms with Gasteiger partial charge in [0, 0.05) is 11.1 Å². The molecule has 0 amide bonds. The highest BCUT2D eigenvalue weighted by Crippen LogP contribution is 2.31. The van der Waals surface area contributed by atoms with E-state index in [1.54, 1.807) is 6.92 Å². The van der Waals surface area contributed by atoms with Gasteiger partial charge in [0.2, 0.25) is 0 Å². The van der Waals surface area contributed by atoms with Crippen LogP contribution in [0.25, 0.3) is 10.7 Å². The molecule has 0 aliphatic carbocycles. The van der Waals surface area contributed by atoms with Crippen LogP contribution in [0.3, 0.4) is 0 Å². The summed E-state index contributed by atoms with van der Waals surface area (Å²) >= 11 is 1.29. The number of hydrogen-bond acceptors (Lipinski definition) is 4. The third-order valence-electron chi connectivity index (χ3n) is 2.35. The minimum absolute atomic E-state index is 0.191. The van der Waals surface area contributed by atoms with Crippen LogP contribution >= 0.6 is 11.3 Å². The lowest BCUT2D eigenvalue weighted by Crippen LogP contribution is -2.05. The van der Waals surface area contributed by atoms with E-state index in [1.165, 1.54) is 17.4 Å². The molecule has 0 unspecified atom stereocenters. The number of nitrogens with zero attached hydrogens (tertiary/aromatic N) is 2. The summed E-state index contributed by atoms with van der Waals surface area (Å²) in [6.45, 7) is 1.60. The maximum atomic E-state index is 12.4. The molecule has 7 heteroatoms. The number of halogens is 3. The fraction of sp³-hybridized carbons (Fsp3) is 0.273. The van der Waals surface area contributed by atoms with Crippen LogP contribution in [0.1, 0.15) is 16.1 Å². The van der Waals surface area contributed by atoms with E-state index in [1.807, 2.05) is 0 Å². The molecule has 18 heavy (non-hydrogen) atoms. The average molecular weight is 274 g/mol. The molecule has 0 aliphatic heterocycles. The van der Waals surface area contributed by atoms with Crippen molar-refractivity contribution in [2.75, 3.05) is 0 Å². The molecule has 0 saturated carbocycles. The third-order valence-corrected chi connectivity index (χ3v) is 3.39. The molecule has 2 heterocycles. The van der Waals surface area contributed by atoms with Crippen LogP contribution in [0.5, 0.6) is 0 Å². The first-order chi connectivity index (χ1) is 8.41. The van der Waals surface area contributed by atoms with Crippen molar-refractivity contribution in [2.45, 2.75) is 19.7 Å². The predicted octanol–water partition coefficient (Wildman–Crippen LogP) is 3.02. The number of aliphatic hydroxyl groups is 1. The van der Waals surface area contributed by atoms with E-state index in [9.17, 15) is 13.2 Å². The molecule has 2 aromatic rings. The molecule has 2 aromatic heterocycles. The Morgan fingerprint density at radius 3 is 2.50 bits per heavy atom. The molecule has 96 valence electrons. The van der Waals surface area contributed by atoms with Crippen molar-refractivity contribution in [3.63, 3.8) is 0 Å². The molecular formula is C11H9F3N2OS. The Labute approximate surface area is 105 Å². The predicted molar refractivity (Wildman–Crippen MR) is 61.0 cm³/mol. The van der Waals surface area contributed by atoms with Crippen LogP contribution in [0.2, 0.25) is 0 Å². The summed E-state index contributed by atoms with van der Waals surface area (Å²) in [5, 5.41) is 9.51. The highest BCUT2D eigenvalue weighted by atomic mass is 32.1. The molecule has 0 saturated heterocycles. The number of rotatable bonds is 2. The maximum Gasteiger partial charge on any atom is 0.417 e. The number of pyridine rings is 1. The van der Waals surface area contributed by atoms with Crippen molar-refractivity contribution in [3.05, 3.63) is 34.5 Å². The second kappa shape index (κ2) is 4.66. The van der Waals surface area contributed by atoms with Gasteiger partial charge in [-0.3, -0.25) is 4.98 Å². The summed E-state index contributed by atoms with van der Waals surface area (Å²) in [7, 11) is 0. The van der Waals surface area contributed by atoms with Gasteiger partial charge in [-0.15, -0.1) is 11.3 Å². The number of thiazole rings is 1. The van der Waals surface area contributed by atoms with Crippen LogP contribution in [0.15, 0.2) is 18.3 Å². The van der Waals surface area contributed by atoms with E-state index in [-0.39, 0.29) is 6.61 Å². The normalized spacial score (nSPS) is 11.8. The van der Waals surface area contributed by atoms with Gasteiger partial charge >= 0.3 is 6.18 Å². The van der Waals surface area contributed by atoms with Gasteiger partial charge in [0.05, 0.1) is 23.6 Å². The van der Waals surface area contributed by atoms with Gasteiger partial charge in [-0.05, 0) is 19.1 Å². The highest BCUT2D eigenvalue weighted by Gasteiger charge is 2.30. The molecule has 0 radical (unpaired) electrons. The number of alkyl halides is 3. The van der Waals surface area contributed by atoms with Crippen molar-refractivity contribution in [3.8, 4) is 10.7 Å². The number of aliphatic hydroxyl groups excluding tert-OH is 1. The Balaban J connectivity index is 2.34. The molecule has 0 aromatic carbocycles. The van der Waals surface area contributed by atoms with Gasteiger partial charge in [0.25, 0.3) is 0 Å². The maximum absolute atomic E-state index is 12.4. The SMILES string of the molecule is Cc1sc(-c2ccc(C(F)(F)F)cn2)nc1CO. The summed E-state index contributed by atoms with van der Waals surface area (Å²) in [6.07, 6.45) is -3.61. The minimum atomic E-state index is -4.39. The van der Waals surface area contributed by atoms with Crippen molar-refractivity contribution >= 4 is 11.3 Å². The van der Waals surface area contributed by atoms with E-state index in [0.717, 1.165) is 17.1 Å². The molecule has 2 rings (SSSR count). The lowest BCUT2D eigenvalue weighted by Gasteiger charge is -2.05. The summed E-state index contributed by atoms with van der Waals surface area (Å²) in [5.41, 5.74) is 0.106. The first-order valence-corrected chi connectivity index (χ1v) is 5.84. The molecule has 1 N–H and O–H groups in total. The van der Waals surface area contributed by atoms with E-state index >= 15 is 0 Å². The van der Waals surface area contributed by atoms with E-state index in [0.29, 0.717) is 16.4 Å². The smallest absolute Gasteiger partial charge is 0.390 e. The van der Waals surface area contributed by atoms with Gasteiger partial charge in [-0.25, -0.2) is 4.98 Å². The van der Waals surface area contributed by atoms with Gasteiger partial charge < -0.3 is 5.11 Å². The molecule has 0 fully saturated rings. The zero-order valence-electron chi connectivity index (χ0n) is 9.32. The Hall–Kier alpha value is -1.47. The van der Waals surface area contributed by atoms with E-state index in [4.69, 9.17) is 5.11 Å². The van der Waals surface area contributed by atoms with Crippen LogP contribution in [-0.2, 0) is 12.8 Å². The first kappa shape index (κ1) is 13.0. The summed E-state index contributed by atoms with van der Waals surface area (Å²) in [6, 6.07) is 2.25. The zero-order valence-corrected chi connectivity index (χ0v) is 10.1. The van der Waals surface area contributed by atoms with Gasteiger partial charge in [-0.2, -0.15) is 13.2 Å². The van der Waals surface area contributed by atoms with Crippen LogP contribution in [-0.4, -0.2) is 15.1 Å². The fourth-order valence-electron chi connectivity index (χ4n) is 1.37. The molecule has 0 bridgehead atoms.